The molecule has 0 unspecified atom stereocenters. The van der Waals surface area contributed by atoms with E-state index in [9.17, 15) is 18.0 Å². The van der Waals surface area contributed by atoms with Crippen LogP contribution in [0.2, 0.25) is 10.0 Å². The Morgan fingerprint density at radius 3 is 2.41 bits per heavy atom. The van der Waals surface area contributed by atoms with Crippen LogP contribution >= 0.6 is 23.2 Å². The molecule has 142 valence electrons. The van der Waals surface area contributed by atoms with Gasteiger partial charge in [0.15, 0.2) is 22.3 Å². The number of ether oxygens (including phenoxy) is 2. The topological polar surface area (TPSA) is 90.0 Å². The molecule has 0 saturated heterocycles. The molecule has 0 radical (unpaired) electrons. The maximum atomic E-state index is 12.3. The molecule has 0 aliphatic carbocycles. The van der Waals surface area contributed by atoms with Gasteiger partial charge in [-0.1, -0.05) is 35.3 Å². The standard InChI is InChI=1S/C17H13Cl2NO6S/c1-10(21)26-16-12(18)6-11(7-13(16)19)17(22)25-8-20-9-27(23,24)15-5-3-2-4-14(15)20/h2-7H,8-9H2,1H3. The number of benzene rings is 2. The van der Waals surface area contributed by atoms with Gasteiger partial charge >= 0.3 is 11.9 Å². The molecule has 0 atom stereocenters. The fourth-order valence-corrected chi connectivity index (χ4v) is 4.70. The van der Waals surface area contributed by atoms with Crippen molar-refractivity contribution in [1.29, 1.82) is 0 Å². The van der Waals surface area contributed by atoms with Crippen LogP contribution in [0.1, 0.15) is 17.3 Å². The Bertz CT molecular complexity index is 1010. The average Bonchev–Trinajstić information content (AvgIpc) is 2.86. The third-order valence-corrected chi connectivity index (χ3v) is 5.93. The molecule has 2 aromatic rings. The molecule has 0 amide bonds. The van der Waals surface area contributed by atoms with Gasteiger partial charge in [0.2, 0.25) is 0 Å². The number of halogens is 2. The third-order valence-electron chi connectivity index (χ3n) is 3.70. The summed E-state index contributed by atoms with van der Waals surface area (Å²) in [6.45, 7) is 0.923. The van der Waals surface area contributed by atoms with E-state index >= 15 is 0 Å². The first-order valence-corrected chi connectivity index (χ1v) is 10.0. The number of fused-ring (bicyclic) bond motifs is 1. The second kappa shape index (κ2) is 7.38. The number of anilines is 1. The van der Waals surface area contributed by atoms with Crippen LogP contribution in [0.3, 0.4) is 0 Å². The summed E-state index contributed by atoms with van der Waals surface area (Å²) in [6, 6.07) is 8.96. The predicted octanol–water partition coefficient (Wildman–Crippen LogP) is 3.28. The Hall–Kier alpha value is -2.29. The minimum Gasteiger partial charge on any atom is -0.441 e. The Morgan fingerprint density at radius 1 is 1.15 bits per heavy atom. The zero-order valence-corrected chi connectivity index (χ0v) is 16.3. The molecule has 1 aliphatic heterocycles. The van der Waals surface area contributed by atoms with E-state index in [1.807, 2.05) is 0 Å². The van der Waals surface area contributed by atoms with E-state index in [0.717, 1.165) is 0 Å². The molecule has 0 aromatic heterocycles. The number of sulfone groups is 1. The fourth-order valence-electron chi connectivity index (χ4n) is 2.57. The van der Waals surface area contributed by atoms with Gasteiger partial charge in [-0.25, -0.2) is 13.2 Å². The Balaban J connectivity index is 1.75. The smallest absolute Gasteiger partial charge is 0.339 e. The third kappa shape index (κ3) is 4.02. The molecule has 1 heterocycles. The lowest BCUT2D eigenvalue weighted by atomic mass is 10.2. The molecule has 2 aromatic carbocycles. The first kappa shape index (κ1) is 19.5. The Kier molecular flexibility index (Phi) is 5.32. The van der Waals surface area contributed by atoms with Crippen molar-refractivity contribution in [2.75, 3.05) is 17.5 Å². The molecule has 0 N–H and O–H groups in total. The van der Waals surface area contributed by atoms with E-state index in [0.29, 0.717) is 5.69 Å². The summed E-state index contributed by atoms with van der Waals surface area (Å²) in [5.74, 6) is -1.70. The van der Waals surface area contributed by atoms with Crippen LogP contribution in [-0.2, 0) is 19.4 Å². The minimum atomic E-state index is -3.45. The highest BCUT2D eigenvalue weighted by Crippen LogP contribution is 2.35. The van der Waals surface area contributed by atoms with Crippen molar-refractivity contribution in [3.8, 4) is 5.75 Å². The van der Waals surface area contributed by atoms with E-state index in [2.05, 4.69) is 0 Å². The van der Waals surface area contributed by atoms with E-state index in [1.54, 1.807) is 18.2 Å². The number of carbonyl (C=O) groups excluding carboxylic acids is 2. The maximum Gasteiger partial charge on any atom is 0.339 e. The number of para-hydroxylation sites is 1. The van der Waals surface area contributed by atoms with E-state index in [1.165, 1.54) is 30.0 Å². The quantitative estimate of drug-likeness (QED) is 0.543. The average molecular weight is 430 g/mol. The van der Waals surface area contributed by atoms with Crippen molar-refractivity contribution in [2.45, 2.75) is 11.8 Å². The minimum absolute atomic E-state index is 0.0289. The van der Waals surface area contributed by atoms with Crippen LogP contribution < -0.4 is 9.64 Å². The lowest BCUT2D eigenvalue weighted by Gasteiger charge is -2.17. The zero-order valence-electron chi connectivity index (χ0n) is 13.9. The molecule has 0 fully saturated rings. The number of rotatable bonds is 4. The monoisotopic (exact) mass is 429 g/mol. The van der Waals surface area contributed by atoms with Crippen molar-refractivity contribution < 1.29 is 27.5 Å². The lowest BCUT2D eigenvalue weighted by molar-refractivity contribution is -0.131. The molecule has 7 nitrogen and oxygen atoms in total. The second-order valence-electron chi connectivity index (χ2n) is 5.67. The van der Waals surface area contributed by atoms with Crippen LogP contribution in [0.4, 0.5) is 5.69 Å². The van der Waals surface area contributed by atoms with Gasteiger partial charge in [-0.15, -0.1) is 0 Å². The molecule has 10 heteroatoms. The Labute approximate surface area is 165 Å². The van der Waals surface area contributed by atoms with Gasteiger partial charge in [0.1, 0.15) is 5.88 Å². The van der Waals surface area contributed by atoms with Crippen LogP contribution in [0.25, 0.3) is 0 Å². The molecular formula is C17H13Cl2NO6S. The largest absolute Gasteiger partial charge is 0.441 e. The van der Waals surface area contributed by atoms with Crippen molar-refractivity contribution >= 4 is 50.7 Å². The predicted molar refractivity (Wildman–Crippen MR) is 99.0 cm³/mol. The van der Waals surface area contributed by atoms with Gasteiger partial charge < -0.3 is 14.4 Å². The number of esters is 2. The van der Waals surface area contributed by atoms with Gasteiger partial charge in [-0.2, -0.15) is 0 Å². The summed E-state index contributed by atoms with van der Waals surface area (Å²) in [5.41, 5.74) is 0.503. The highest BCUT2D eigenvalue weighted by molar-refractivity contribution is 7.92. The van der Waals surface area contributed by atoms with Gasteiger partial charge in [0, 0.05) is 6.92 Å². The summed E-state index contributed by atoms with van der Waals surface area (Å²) >= 11 is 12.0. The Morgan fingerprint density at radius 2 is 1.78 bits per heavy atom. The molecule has 0 bridgehead atoms. The number of nitrogens with zero attached hydrogens (tertiary/aromatic N) is 1. The SMILES string of the molecule is CC(=O)Oc1c(Cl)cc(C(=O)OCN2CS(=O)(=O)c3ccccc32)cc1Cl. The highest BCUT2D eigenvalue weighted by atomic mass is 35.5. The van der Waals surface area contributed by atoms with Gasteiger partial charge in [-0.3, -0.25) is 4.79 Å². The number of hydrogen-bond acceptors (Lipinski definition) is 7. The summed E-state index contributed by atoms with van der Waals surface area (Å²) in [7, 11) is -3.45. The van der Waals surface area contributed by atoms with Crippen LogP contribution in [0.15, 0.2) is 41.3 Å². The molecule has 0 saturated carbocycles. The van der Waals surface area contributed by atoms with Gasteiger partial charge in [0.05, 0.1) is 26.2 Å². The van der Waals surface area contributed by atoms with Crippen LogP contribution in [0.5, 0.6) is 5.75 Å². The summed E-state index contributed by atoms with van der Waals surface area (Å²) in [5, 5.41) is -0.0579. The second-order valence-corrected chi connectivity index (χ2v) is 8.42. The maximum absolute atomic E-state index is 12.3. The lowest BCUT2D eigenvalue weighted by Crippen LogP contribution is -2.27. The van der Waals surface area contributed by atoms with Crippen molar-refractivity contribution in [3.05, 3.63) is 52.0 Å². The molecule has 0 spiro atoms. The first-order chi connectivity index (χ1) is 12.7. The van der Waals surface area contributed by atoms with E-state index < -0.39 is 21.8 Å². The van der Waals surface area contributed by atoms with Crippen LogP contribution in [-0.4, -0.2) is 33.0 Å². The number of carbonyl (C=O) groups is 2. The summed E-state index contributed by atoms with van der Waals surface area (Å²) in [4.78, 5) is 25.0. The van der Waals surface area contributed by atoms with E-state index in [4.69, 9.17) is 32.7 Å². The van der Waals surface area contributed by atoms with E-state index in [-0.39, 0.29) is 38.9 Å². The van der Waals surface area contributed by atoms with Crippen molar-refractivity contribution in [3.63, 3.8) is 0 Å². The van der Waals surface area contributed by atoms with Crippen molar-refractivity contribution in [1.82, 2.24) is 0 Å². The molecule has 3 rings (SSSR count). The van der Waals surface area contributed by atoms with Gasteiger partial charge in [-0.05, 0) is 24.3 Å². The number of hydrogen-bond donors (Lipinski definition) is 0. The molecule has 27 heavy (non-hydrogen) atoms. The fraction of sp³-hybridized carbons (Fsp3) is 0.176. The normalized spacial score (nSPS) is 14.6. The molecule has 1 aliphatic rings. The summed E-state index contributed by atoms with van der Waals surface area (Å²) < 4.78 is 34.3. The molecular weight excluding hydrogens is 417 g/mol. The zero-order chi connectivity index (χ0) is 19.8. The summed E-state index contributed by atoms with van der Waals surface area (Å²) in [6.07, 6.45) is 0. The van der Waals surface area contributed by atoms with Gasteiger partial charge in [0.25, 0.3) is 0 Å². The highest BCUT2D eigenvalue weighted by Gasteiger charge is 2.32. The van der Waals surface area contributed by atoms with Crippen molar-refractivity contribution in [2.24, 2.45) is 0 Å². The first-order valence-electron chi connectivity index (χ1n) is 7.60. The van der Waals surface area contributed by atoms with Crippen LogP contribution in [0, 0.1) is 0 Å².